The Kier molecular flexibility index (Phi) is 4.13. The number of aromatic nitrogens is 3. The molecular formula is C10H10ClN5O2S. The van der Waals surface area contributed by atoms with Crippen LogP contribution in [0.2, 0.25) is 5.15 Å². The molecule has 0 aliphatic rings. The first kappa shape index (κ1) is 13.5. The average molecular weight is 300 g/mol. The molecule has 19 heavy (non-hydrogen) atoms. The van der Waals surface area contributed by atoms with Crippen molar-refractivity contribution in [2.75, 3.05) is 18.2 Å². The molecule has 7 nitrogen and oxygen atoms in total. The fraction of sp³-hybridized carbons (Fsp3) is 0.200. The highest BCUT2D eigenvalue weighted by molar-refractivity contribution is 7.13. The molecule has 0 aliphatic carbocycles. The molecule has 100 valence electrons. The number of hydrogen-bond donors (Lipinski definition) is 2. The number of nitrogens with two attached hydrogens (primary N) is 1. The van der Waals surface area contributed by atoms with E-state index >= 15 is 0 Å². The topological polar surface area (TPSA) is 103 Å². The zero-order chi connectivity index (χ0) is 13.8. The number of nitrogens with zero attached hydrogens (tertiary/aromatic N) is 3. The Morgan fingerprint density at radius 2 is 2.32 bits per heavy atom. The van der Waals surface area contributed by atoms with E-state index in [1.54, 1.807) is 5.38 Å². The summed E-state index contributed by atoms with van der Waals surface area (Å²) in [5.74, 6) is 0.0420. The van der Waals surface area contributed by atoms with Gasteiger partial charge in [0.1, 0.15) is 5.15 Å². The van der Waals surface area contributed by atoms with Crippen molar-refractivity contribution in [2.24, 2.45) is 0 Å². The van der Waals surface area contributed by atoms with Crippen LogP contribution in [-0.2, 0) is 11.2 Å². The Morgan fingerprint density at radius 3 is 2.95 bits per heavy atom. The van der Waals surface area contributed by atoms with E-state index in [1.165, 1.54) is 24.5 Å². The van der Waals surface area contributed by atoms with E-state index in [4.69, 9.17) is 22.1 Å². The van der Waals surface area contributed by atoms with Gasteiger partial charge in [0.15, 0.2) is 5.13 Å². The number of carbonyl (C=O) groups excluding carboxylic acids is 1. The van der Waals surface area contributed by atoms with Crippen molar-refractivity contribution in [3.8, 4) is 5.88 Å². The molecule has 0 aromatic carbocycles. The summed E-state index contributed by atoms with van der Waals surface area (Å²) in [7, 11) is 1.45. The molecule has 2 aromatic rings. The lowest BCUT2D eigenvalue weighted by molar-refractivity contribution is -0.115. The molecule has 3 N–H and O–H groups in total. The Hall–Kier alpha value is -1.93. The zero-order valence-corrected chi connectivity index (χ0v) is 11.5. The van der Waals surface area contributed by atoms with Gasteiger partial charge in [0.05, 0.1) is 19.2 Å². The van der Waals surface area contributed by atoms with Crippen LogP contribution in [-0.4, -0.2) is 28.0 Å². The van der Waals surface area contributed by atoms with Crippen molar-refractivity contribution in [3.63, 3.8) is 0 Å². The van der Waals surface area contributed by atoms with Crippen molar-refractivity contribution in [1.29, 1.82) is 0 Å². The molecule has 0 saturated carbocycles. The number of nitrogen functional groups attached to an aromatic ring is 1. The summed E-state index contributed by atoms with van der Waals surface area (Å²) < 4.78 is 4.92. The van der Waals surface area contributed by atoms with Gasteiger partial charge in [0, 0.05) is 11.4 Å². The maximum Gasteiger partial charge on any atom is 0.234 e. The molecule has 2 rings (SSSR count). The van der Waals surface area contributed by atoms with Crippen LogP contribution in [0.15, 0.2) is 11.4 Å². The second kappa shape index (κ2) is 5.81. The zero-order valence-electron chi connectivity index (χ0n) is 9.88. The fourth-order valence-corrected chi connectivity index (χ4v) is 2.03. The Balaban J connectivity index is 2.04. The lowest BCUT2D eigenvalue weighted by atomic mass is 10.3. The van der Waals surface area contributed by atoms with Crippen LogP contribution in [0.3, 0.4) is 0 Å². The molecule has 0 bridgehead atoms. The third-order valence-electron chi connectivity index (χ3n) is 2.04. The third kappa shape index (κ3) is 3.76. The fourth-order valence-electron chi connectivity index (χ4n) is 1.29. The lowest BCUT2D eigenvalue weighted by Gasteiger charge is -2.05. The molecule has 0 atom stereocenters. The summed E-state index contributed by atoms with van der Waals surface area (Å²) in [5.41, 5.74) is 6.07. The molecule has 0 radical (unpaired) electrons. The minimum absolute atomic E-state index is 0.0811. The number of halogens is 1. The van der Waals surface area contributed by atoms with Gasteiger partial charge in [-0.15, -0.1) is 11.3 Å². The molecule has 0 spiro atoms. The van der Waals surface area contributed by atoms with Crippen molar-refractivity contribution < 1.29 is 9.53 Å². The van der Waals surface area contributed by atoms with Crippen molar-refractivity contribution in [1.82, 2.24) is 15.0 Å². The van der Waals surface area contributed by atoms with Gasteiger partial charge in [-0.2, -0.15) is 4.98 Å². The Labute approximate surface area is 117 Å². The monoisotopic (exact) mass is 299 g/mol. The highest BCUT2D eigenvalue weighted by atomic mass is 35.5. The van der Waals surface area contributed by atoms with E-state index in [2.05, 4.69) is 20.3 Å². The smallest absolute Gasteiger partial charge is 0.234 e. The molecule has 0 aliphatic heterocycles. The number of rotatable bonds is 4. The SMILES string of the molecule is COc1cc(Cl)nc(NC(=O)Cc2csc(N)n2)n1. The lowest BCUT2D eigenvalue weighted by Crippen LogP contribution is -2.16. The second-order valence-electron chi connectivity index (χ2n) is 3.46. The molecule has 2 aromatic heterocycles. The number of anilines is 2. The summed E-state index contributed by atoms with van der Waals surface area (Å²) in [6, 6.07) is 1.44. The highest BCUT2D eigenvalue weighted by Gasteiger charge is 2.10. The van der Waals surface area contributed by atoms with Gasteiger partial charge in [0.2, 0.25) is 17.7 Å². The van der Waals surface area contributed by atoms with Crippen molar-refractivity contribution in [3.05, 3.63) is 22.3 Å². The standard InChI is InChI=1S/C10H10ClN5O2S/c1-18-8-3-6(11)14-10(16-8)15-7(17)2-5-4-19-9(12)13-5/h3-4H,2H2,1H3,(H2,12,13)(H,14,15,16,17). The van der Waals surface area contributed by atoms with Crippen molar-refractivity contribution in [2.45, 2.75) is 6.42 Å². The van der Waals surface area contributed by atoms with Gasteiger partial charge in [-0.1, -0.05) is 11.6 Å². The predicted octanol–water partition coefficient (Wildman–Crippen LogP) is 1.36. The van der Waals surface area contributed by atoms with E-state index in [-0.39, 0.29) is 29.3 Å². The van der Waals surface area contributed by atoms with E-state index in [1.807, 2.05) is 0 Å². The molecule has 0 unspecified atom stereocenters. The summed E-state index contributed by atoms with van der Waals surface area (Å²) in [6.07, 6.45) is 0.0892. The van der Waals surface area contributed by atoms with E-state index in [9.17, 15) is 4.79 Å². The van der Waals surface area contributed by atoms with Crippen LogP contribution < -0.4 is 15.8 Å². The highest BCUT2D eigenvalue weighted by Crippen LogP contribution is 2.16. The molecule has 0 saturated heterocycles. The molecule has 9 heteroatoms. The maximum absolute atomic E-state index is 11.8. The Bertz CT molecular complexity index is 603. The summed E-state index contributed by atoms with van der Waals surface area (Å²) in [4.78, 5) is 23.6. The number of carbonyl (C=O) groups is 1. The first-order chi connectivity index (χ1) is 9.06. The van der Waals surface area contributed by atoms with Gasteiger partial charge in [0.25, 0.3) is 0 Å². The van der Waals surface area contributed by atoms with Crippen LogP contribution in [0.25, 0.3) is 0 Å². The average Bonchev–Trinajstić information content (AvgIpc) is 2.73. The largest absolute Gasteiger partial charge is 0.481 e. The molecule has 1 amide bonds. The molecular weight excluding hydrogens is 290 g/mol. The quantitative estimate of drug-likeness (QED) is 0.826. The summed E-state index contributed by atoms with van der Waals surface area (Å²) >= 11 is 7.04. The van der Waals surface area contributed by atoms with Gasteiger partial charge >= 0.3 is 0 Å². The van der Waals surface area contributed by atoms with Crippen LogP contribution in [0.1, 0.15) is 5.69 Å². The number of amides is 1. The van der Waals surface area contributed by atoms with Crippen LogP contribution >= 0.6 is 22.9 Å². The third-order valence-corrected chi connectivity index (χ3v) is 2.96. The number of hydrogen-bond acceptors (Lipinski definition) is 7. The summed E-state index contributed by atoms with van der Waals surface area (Å²) in [5, 5.41) is 4.83. The first-order valence-electron chi connectivity index (χ1n) is 5.15. The number of ether oxygens (including phenoxy) is 1. The maximum atomic E-state index is 11.8. The number of methoxy groups -OCH3 is 1. The molecule has 2 heterocycles. The predicted molar refractivity (Wildman–Crippen MR) is 72.5 cm³/mol. The van der Waals surface area contributed by atoms with Crippen molar-refractivity contribution >= 4 is 39.9 Å². The Morgan fingerprint density at radius 1 is 1.53 bits per heavy atom. The second-order valence-corrected chi connectivity index (χ2v) is 4.74. The van der Waals surface area contributed by atoms with Gasteiger partial charge in [-0.05, 0) is 0 Å². The van der Waals surface area contributed by atoms with Gasteiger partial charge < -0.3 is 10.5 Å². The summed E-state index contributed by atoms with van der Waals surface area (Å²) in [6.45, 7) is 0. The van der Waals surface area contributed by atoms with E-state index < -0.39 is 0 Å². The number of nitrogens with one attached hydrogen (secondary N) is 1. The first-order valence-corrected chi connectivity index (χ1v) is 6.41. The molecule has 0 fully saturated rings. The minimum Gasteiger partial charge on any atom is -0.481 e. The van der Waals surface area contributed by atoms with Crippen LogP contribution in [0.4, 0.5) is 11.1 Å². The normalized spacial score (nSPS) is 10.2. The van der Waals surface area contributed by atoms with Crippen LogP contribution in [0.5, 0.6) is 5.88 Å². The van der Waals surface area contributed by atoms with Gasteiger partial charge in [-0.3, -0.25) is 10.1 Å². The van der Waals surface area contributed by atoms with Gasteiger partial charge in [-0.25, -0.2) is 9.97 Å². The van der Waals surface area contributed by atoms with E-state index in [0.717, 1.165) is 0 Å². The number of thiazole rings is 1. The van der Waals surface area contributed by atoms with E-state index in [0.29, 0.717) is 10.8 Å². The minimum atomic E-state index is -0.311. The van der Waals surface area contributed by atoms with Crippen LogP contribution in [0, 0.1) is 0 Å².